The maximum atomic E-state index is 12.5. The van der Waals surface area contributed by atoms with Crippen molar-refractivity contribution < 1.29 is 19.4 Å². The number of phenols is 1. The summed E-state index contributed by atoms with van der Waals surface area (Å²) in [5.41, 5.74) is 1.95. The summed E-state index contributed by atoms with van der Waals surface area (Å²) in [7, 11) is 2.11. The molecule has 2 fully saturated rings. The molecule has 0 saturated carbocycles. The lowest BCUT2D eigenvalue weighted by atomic mass is 9.94. The Morgan fingerprint density at radius 3 is 2.88 bits per heavy atom. The average molecular weight is 569 g/mol. The summed E-state index contributed by atoms with van der Waals surface area (Å²) in [6.45, 7) is 6.67. The predicted molar refractivity (Wildman–Crippen MR) is 159 cm³/mol. The van der Waals surface area contributed by atoms with E-state index in [-0.39, 0.29) is 36.2 Å². The number of piperazine rings is 1. The van der Waals surface area contributed by atoms with Crippen molar-refractivity contribution in [1.29, 1.82) is 5.26 Å². The third-order valence-electron chi connectivity index (χ3n) is 8.73. The Morgan fingerprint density at radius 1 is 1.21 bits per heavy atom. The maximum absolute atomic E-state index is 12.5. The van der Waals surface area contributed by atoms with Crippen LogP contribution in [0.1, 0.15) is 42.9 Å². The fourth-order valence-electron chi connectivity index (χ4n) is 6.44. The van der Waals surface area contributed by atoms with Gasteiger partial charge in [0.1, 0.15) is 24.3 Å². The van der Waals surface area contributed by atoms with E-state index >= 15 is 0 Å². The number of hydrogen-bond acceptors (Lipinski definition) is 9. The summed E-state index contributed by atoms with van der Waals surface area (Å²) < 4.78 is 12.8. The molecule has 1 amide bonds. The SMILES string of the molecule is C=CC(=O)N1CCN(c2nc(OC[C@@H]3CCCN3C)nc3c2CCC(c2cccc4cc(O)ccc24)O3)C[C@@H]1CC#N. The van der Waals surface area contributed by atoms with E-state index in [2.05, 4.69) is 35.6 Å². The zero-order valence-corrected chi connectivity index (χ0v) is 23.9. The molecule has 1 unspecified atom stereocenters. The van der Waals surface area contributed by atoms with Crippen LogP contribution in [0.4, 0.5) is 5.82 Å². The van der Waals surface area contributed by atoms with Crippen LogP contribution in [-0.2, 0) is 11.2 Å². The van der Waals surface area contributed by atoms with Crippen LogP contribution in [0, 0.1) is 11.3 Å². The molecular formula is C32H36N6O4. The third-order valence-corrected chi connectivity index (χ3v) is 8.73. The number of carbonyl (C=O) groups excluding carboxylic acids is 1. The number of ether oxygens (including phenoxy) is 2. The molecule has 3 aromatic rings. The minimum atomic E-state index is -0.277. The Hall–Kier alpha value is -4.36. The van der Waals surface area contributed by atoms with Crippen molar-refractivity contribution in [3.05, 3.63) is 60.2 Å². The normalized spacial score (nSPS) is 22.3. The number of rotatable bonds is 7. The predicted octanol–water partition coefficient (Wildman–Crippen LogP) is 3.99. The van der Waals surface area contributed by atoms with Gasteiger partial charge in [-0.05, 0) is 68.3 Å². The highest BCUT2D eigenvalue weighted by atomic mass is 16.5. The first kappa shape index (κ1) is 27.8. The summed E-state index contributed by atoms with van der Waals surface area (Å²) in [5.74, 6) is 1.30. The van der Waals surface area contributed by atoms with E-state index in [1.54, 1.807) is 17.0 Å². The molecule has 1 N–H and O–H groups in total. The number of likely N-dealkylation sites (N-methyl/N-ethyl adjacent to an activating group) is 1. The molecule has 218 valence electrons. The molecule has 42 heavy (non-hydrogen) atoms. The highest BCUT2D eigenvalue weighted by Gasteiger charge is 2.35. The number of nitriles is 1. The lowest BCUT2D eigenvalue weighted by Gasteiger charge is -2.41. The molecule has 6 rings (SSSR count). The third kappa shape index (κ3) is 5.44. The number of hydrogen-bond donors (Lipinski definition) is 1. The minimum absolute atomic E-state index is 0.168. The molecule has 2 saturated heterocycles. The Bertz CT molecular complexity index is 1540. The van der Waals surface area contributed by atoms with Gasteiger partial charge >= 0.3 is 6.01 Å². The molecule has 4 heterocycles. The van der Waals surface area contributed by atoms with Gasteiger partial charge in [0.25, 0.3) is 0 Å². The number of aromatic hydroxyl groups is 1. The topological polar surface area (TPSA) is 115 Å². The van der Waals surface area contributed by atoms with Crippen LogP contribution < -0.4 is 14.4 Å². The van der Waals surface area contributed by atoms with Crippen LogP contribution in [0.5, 0.6) is 17.6 Å². The zero-order valence-electron chi connectivity index (χ0n) is 23.9. The van der Waals surface area contributed by atoms with E-state index in [4.69, 9.17) is 19.4 Å². The second kappa shape index (κ2) is 11.9. The van der Waals surface area contributed by atoms with Gasteiger partial charge < -0.3 is 29.3 Å². The summed E-state index contributed by atoms with van der Waals surface area (Å²) in [4.78, 5) is 28.3. The molecule has 10 heteroatoms. The monoisotopic (exact) mass is 568 g/mol. The molecule has 3 atom stereocenters. The minimum Gasteiger partial charge on any atom is -0.508 e. The van der Waals surface area contributed by atoms with E-state index in [9.17, 15) is 15.2 Å². The molecule has 0 aliphatic carbocycles. The Labute approximate surface area is 245 Å². The Morgan fingerprint density at radius 2 is 2.10 bits per heavy atom. The van der Waals surface area contributed by atoms with Gasteiger partial charge in [0.05, 0.1) is 24.1 Å². The van der Waals surface area contributed by atoms with Gasteiger partial charge in [0, 0.05) is 31.2 Å². The van der Waals surface area contributed by atoms with Gasteiger partial charge in [-0.1, -0.05) is 30.8 Å². The highest BCUT2D eigenvalue weighted by molar-refractivity contribution is 5.88. The highest BCUT2D eigenvalue weighted by Crippen LogP contribution is 2.41. The van der Waals surface area contributed by atoms with Crippen LogP contribution >= 0.6 is 0 Å². The Balaban J connectivity index is 1.33. The van der Waals surface area contributed by atoms with E-state index in [0.717, 1.165) is 53.5 Å². The largest absolute Gasteiger partial charge is 0.508 e. The van der Waals surface area contributed by atoms with Crippen molar-refractivity contribution >= 4 is 22.5 Å². The molecular weight excluding hydrogens is 532 g/mol. The lowest BCUT2D eigenvalue weighted by Crippen LogP contribution is -2.55. The van der Waals surface area contributed by atoms with E-state index in [1.807, 2.05) is 18.2 Å². The number of aromatic nitrogens is 2. The smallest absolute Gasteiger partial charge is 0.321 e. The molecule has 3 aliphatic rings. The van der Waals surface area contributed by atoms with Crippen LogP contribution in [0.25, 0.3) is 10.8 Å². The second-order valence-corrected chi connectivity index (χ2v) is 11.3. The Kier molecular flexibility index (Phi) is 7.85. The van der Waals surface area contributed by atoms with Crippen LogP contribution in [0.3, 0.4) is 0 Å². The summed E-state index contributed by atoms with van der Waals surface area (Å²) in [6.07, 6.45) is 4.94. The first-order valence-electron chi connectivity index (χ1n) is 14.6. The first-order chi connectivity index (χ1) is 20.4. The number of fused-ring (bicyclic) bond motifs is 2. The number of anilines is 1. The van der Waals surface area contributed by atoms with E-state index < -0.39 is 0 Å². The fraction of sp³-hybridized carbons (Fsp3) is 0.438. The number of likely N-dealkylation sites (tertiary alicyclic amines) is 1. The molecule has 0 bridgehead atoms. The zero-order chi connectivity index (χ0) is 29.2. The molecule has 3 aliphatic heterocycles. The van der Waals surface area contributed by atoms with Gasteiger partial charge in [-0.15, -0.1) is 0 Å². The standard InChI is InChI=1S/C32H36N6O4/c1-3-29(40)38-17-16-37(19-22(38)13-14-33)30-27-11-12-28(26-8-4-6-21-18-24(39)9-10-25(21)26)42-31(27)35-32(34-30)41-20-23-7-5-15-36(23)2/h3-4,6,8-10,18,22-23,28,39H,1,5,7,11-13,15-17,19-20H2,2H3/t22-,23-,28?/m0/s1. The fourth-order valence-corrected chi connectivity index (χ4v) is 6.44. The van der Waals surface area contributed by atoms with E-state index in [1.165, 1.54) is 6.08 Å². The number of amides is 1. The van der Waals surface area contributed by atoms with Crippen molar-refractivity contribution in [3.8, 4) is 23.7 Å². The summed E-state index contributed by atoms with van der Waals surface area (Å²) in [5, 5.41) is 21.5. The van der Waals surface area contributed by atoms with Gasteiger partial charge in [0.2, 0.25) is 11.8 Å². The maximum Gasteiger partial charge on any atom is 0.321 e. The average Bonchev–Trinajstić information content (AvgIpc) is 3.42. The number of nitrogens with zero attached hydrogens (tertiary/aromatic N) is 6. The van der Waals surface area contributed by atoms with Gasteiger partial charge in [0.15, 0.2) is 0 Å². The lowest BCUT2D eigenvalue weighted by molar-refractivity contribution is -0.128. The van der Waals surface area contributed by atoms with Crippen molar-refractivity contribution in [2.45, 2.75) is 50.3 Å². The second-order valence-electron chi connectivity index (χ2n) is 11.3. The number of benzene rings is 2. The van der Waals surface area contributed by atoms with Crippen LogP contribution in [0.15, 0.2) is 49.1 Å². The quantitative estimate of drug-likeness (QED) is 0.423. The van der Waals surface area contributed by atoms with Crippen molar-refractivity contribution in [3.63, 3.8) is 0 Å². The summed E-state index contributed by atoms with van der Waals surface area (Å²) >= 11 is 0. The molecule has 10 nitrogen and oxygen atoms in total. The van der Waals surface area contributed by atoms with Crippen molar-refractivity contribution in [2.75, 3.05) is 44.7 Å². The number of carbonyl (C=O) groups is 1. The van der Waals surface area contributed by atoms with Crippen molar-refractivity contribution in [1.82, 2.24) is 19.8 Å². The van der Waals surface area contributed by atoms with Gasteiger partial charge in [-0.2, -0.15) is 15.2 Å². The summed E-state index contributed by atoms with van der Waals surface area (Å²) in [6, 6.07) is 13.9. The van der Waals surface area contributed by atoms with E-state index in [0.29, 0.717) is 44.6 Å². The van der Waals surface area contributed by atoms with Crippen molar-refractivity contribution in [2.24, 2.45) is 0 Å². The molecule has 0 spiro atoms. The van der Waals surface area contributed by atoms with Crippen LogP contribution in [0.2, 0.25) is 0 Å². The van der Waals surface area contributed by atoms with Crippen LogP contribution in [-0.4, -0.2) is 82.7 Å². The molecule has 2 aromatic carbocycles. The van der Waals surface area contributed by atoms with Gasteiger partial charge in [-0.25, -0.2) is 0 Å². The number of phenolic OH excluding ortho intramolecular Hbond substituents is 1. The first-order valence-corrected chi connectivity index (χ1v) is 14.6. The molecule has 1 aromatic heterocycles. The molecule has 0 radical (unpaired) electrons. The van der Waals surface area contributed by atoms with Gasteiger partial charge in [-0.3, -0.25) is 4.79 Å².